The van der Waals surface area contributed by atoms with Crippen molar-refractivity contribution in [2.24, 2.45) is 0 Å². The zero-order valence-electron chi connectivity index (χ0n) is 16.1. The number of aromatic nitrogens is 4. The highest BCUT2D eigenvalue weighted by Gasteiger charge is 2.31. The molecule has 1 heterocycles. The number of halogens is 3. The molecule has 1 amide bonds. The first-order valence-corrected chi connectivity index (χ1v) is 8.70. The van der Waals surface area contributed by atoms with Gasteiger partial charge in [-0.25, -0.2) is 0 Å². The highest BCUT2D eigenvalue weighted by molar-refractivity contribution is 5.95. The molecule has 1 unspecified atom stereocenters. The minimum Gasteiger partial charge on any atom is -0.495 e. The number of carbonyl (C=O) groups is 1. The van der Waals surface area contributed by atoms with Crippen molar-refractivity contribution in [1.29, 1.82) is 0 Å². The summed E-state index contributed by atoms with van der Waals surface area (Å²) in [5, 5.41) is 24.9. The van der Waals surface area contributed by atoms with E-state index in [2.05, 4.69) is 20.7 Å². The topological polar surface area (TPSA) is 125 Å². The molecular formula is C18H15F3N6O4. The molecule has 0 bridgehead atoms. The number of ether oxygens (including phenoxy) is 1. The molecule has 0 spiro atoms. The summed E-state index contributed by atoms with van der Waals surface area (Å²) >= 11 is 0. The Balaban J connectivity index is 1.81. The Morgan fingerprint density at radius 3 is 2.65 bits per heavy atom. The third-order valence-electron chi connectivity index (χ3n) is 4.25. The average Bonchev–Trinajstić information content (AvgIpc) is 3.22. The van der Waals surface area contributed by atoms with Gasteiger partial charge in [0.05, 0.1) is 23.3 Å². The minimum atomic E-state index is -4.53. The van der Waals surface area contributed by atoms with Crippen LogP contribution >= 0.6 is 0 Å². The van der Waals surface area contributed by atoms with Crippen LogP contribution in [0.2, 0.25) is 0 Å². The fourth-order valence-corrected chi connectivity index (χ4v) is 2.59. The molecule has 0 saturated heterocycles. The fourth-order valence-electron chi connectivity index (χ4n) is 2.59. The van der Waals surface area contributed by atoms with Crippen LogP contribution in [0.25, 0.3) is 11.4 Å². The second-order valence-electron chi connectivity index (χ2n) is 6.32. The Labute approximate surface area is 172 Å². The first kappa shape index (κ1) is 21.7. The SMILES string of the molecule is COc1ccc([N+](=O)[O-])cc1NC(=O)C(C)n1nnc(-c2cccc(C(F)(F)F)c2)n1. The van der Waals surface area contributed by atoms with E-state index < -0.39 is 28.6 Å². The smallest absolute Gasteiger partial charge is 0.416 e. The highest BCUT2D eigenvalue weighted by atomic mass is 19.4. The van der Waals surface area contributed by atoms with Gasteiger partial charge in [0, 0.05) is 17.7 Å². The maximum atomic E-state index is 12.9. The number of nitro benzene ring substituents is 1. The van der Waals surface area contributed by atoms with Crippen molar-refractivity contribution in [3.05, 3.63) is 58.1 Å². The molecule has 10 nitrogen and oxygen atoms in total. The van der Waals surface area contributed by atoms with E-state index in [1.807, 2.05) is 0 Å². The number of benzene rings is 2. The number of alkyl halides is 3. The van der Waals surface area contributed by atoms with E-state index in [1.165, 1.54) is 38.3 Å². The molecule has 1 atom stereocenters. The zero-order chi connectivity index (χ0) is 22.8. The molecule has 0 aliphatic heterocycles. The number of nitrogens with one attached hydrogen (secondary N) is 1. The maximum absolute atomic E-state index is 12.9. The molecule has 1 aromatic heterocycles. The standard InChI is InChI=1S/C18H15F3N6O4/c1-10(17(28)22-14-9-13(27(29)30)6-7-15(14)31-2)26-24-16(23-25-26)11-4-3-5-12(8-11)18(19,20)21/h3-10H,1-2H3,(H,22,28). The lowest BCUT2D eigenvalue weighted by molar-refractivity contribution is -0.384. The molecule has 1 N–H and O–H groups in total. The molecule has 2 aromatic carbocycles. The van der Waals surface area contributed by atoms with Crippen LogP contribution in [0.3, 0.4) is 0 Å². The second kappa shape index (κ2) is 8.38. The highest BCUT2D eigenvalue weighted by Crippen LogP contribution is 2.32. The van der Waals surface area contributed by atoms with Crippen LogP contribution in [0.1, 0.15) is 18.5 Å². The van der Waals surface area contributed by atoms with Gasteiger partial charge in [-0.15, -0.1) is 10.2 Å². The molecule has 13 heteroatoms. The van der Waals surface area contributed by atoms with Crippen molar-refractivity contribution >= 4 is 17.3 Å². The first-order chi connectivity index (χ1) is 14.6. The molecule has 3 aromatic rings. The van der Waals surface area contributed by atoms with Crippen LogP contribution < -0.4 is 10.1 Å². The number of tetrazole rings is 1. The van der Waals surface area contributed by atoms with Gasteiger partial charge >= 0.3 is 6.18 Å². The number of amides is 1. The molecule has 31 heavy (non-hydrogen) atoms. The normalized spacial score (nSPS) is 12.3. The van der Waals surface area contributed by atoms with Crippen LogP contribution in [-0.4, -0.2) is 38.1 Å². The van der Waals surface area contributed by atoms with Gasteiger partial charge in [0.1, 0.15) is 11.8 Å². The van der Waals surface area contributed by atoms with E-state index in [1.54, 1.807) is 0 Å². The summed E-state index contributed by atoms with van der Waals surface area (Å²) in [4.78, 5) is 23.8. The number of nitrogens with zero attached hydrogens (tertiary/aromatic N) is 5. The Hall–Kier alpha value is -4.03. The summed E-state index contributed by atoms with van der Waals surface area (Å²) in [5.41, 5.74) is -0.986. The van der Waals surface area contributed by atoms with Gasteiger partial charge in [-0.05, 0) is 30.3 Å². The number of methoxy groups -OCH3 is 1. The van der Waals surface area contributed by atoms with Crippen LogP contribution in [0, 0.1) is 10.1 Å². The number of nitro groups is 1. The van der Waals surface area contributed by atoms with E-state index in [-0.39, 0.29) is 28.5 Å². The third-order valence-corrected chi connectivity index (χ3v) is 4.25. The molecule has 0 aliphatic rings. The van der Waals surface area contributed by atoms with Crippen LogP contribution in [0.4, 0.5) is 24.5 Å². The zero-order valence-corrected chi connectivity index (χ0v) is 16.1. The number of rotatable bonds is 6. The third kappa shape index (κ3) is 4.76. The van der Waals surface area contributed by atoms with Crippen molar-refractivity contribution < 1.29 is 27.6 Å². The Morgan fingerprint density at radius 2 is 2.00 bits per heavy atom. The quantitative estimate of drug-likeness (QED) is 0.463. The van der Waals surface area contributed by atoms with Crippen LogP contribution in [-0.2, 0) is 11.0 Å². The molecule has 0 fully saturated rings. The lowest BCUT2D eigenvalue weighted by Gasteiger charge is -2.13. The molecule has 3 rings (SSSR count). The summed E-state index contributed by atoms with van der Waals surface area (Å²) in [7, 11) is 1.33. The number of anilines is 1. The van der Waals surface area contributed by atoms with E-state index in [0.29, 0.717) is 0 Å². The fraction of sp³-hybridized carbons (Fsp3) is 0.222. The maximum Gasteiger partial charge on any atom is 0.416 e. The van der Waals surface area contributed by atoms with Gasteiger partial charge in [0.2, 0.25) is 5.82 Å². The van der Waals surface area contributed by atoms with Crippen molar-refractivity contribution in [2.75, 3.05) is 12.4 Å². The summed E-state index contributed by atoms with van der Waals surface area (Å²) in [5.74, 6) is -0.548. The van der Waals surface area contributed by atoms with Gasteiger partial charge in [-0.2, -0.15) is 18.0 Å². The van der Waals surface area contributed by atoms with Gasteiger partial charge in [0.25, 0.3) is 11.6 Å². The van der Waals surface area contributed by atoms with Crippen LogP contribution in [0.5, 0.6) is 5.75 Å². The van der Waals surface area contributed by atoms with Gasteiger partial charge in [0.15, 0.2) is 0 Å². The van der Waals surface area contributed by atoms with Gasteiger partial charge in [-0.3, -0.25) is 14.9 Å². The predicted octanol–water partition coefficient (Wildman–Crippen LogP) is 3.48. The van der Waals surface area contributed by atoms with Gasteiger partial charge < -0.3 is 10.1 Å². The minimum absolute atomic E-state index is 0.0618. The van der Waals surface area contributed by atoms with Gasteiger partial charge in [-0.1, -0.05) is 12.1 Å². The number of hydrogen-bond acceptors (Lipinski definition) is 7. The lowest BCUT2D eigenvalue weighted by atomic mass is 10.1. The van der Waals surface area contributed by atoms with Crippen LogP contribution in [0.15, 0.2) is 42.5 Å². The summed E-state index contributed by atoms with van der Waals surface area (Å²) in [6, 6.07) is 7.04. The van der Waals surface area contributed by atoms with E-state index in [4.69, 9.17) is 4.74 Å². The average molecular weight is 436 g/mol. The van der Waals surface area contributed by atoms with Crippen molar-refractivity contribution in [3.8, 4) is 17.1 Å². The number of hydrogen-bond donors (Lipinski definition) is 1. The monoisotopic (exact) mass is 436 g/mol. The van der Waals surface area contributed by atoms with Crippen molar-refractivity contribution in [2.45, 2.75) is 19.1 Å². The Kier molecular flexibility index (Phi) is 5.86. The molecule has 0 aliphatic carbocycles. The lowest BCUT2D eigenvalue weighted by Crippen LogP contribution is -2.25. The Bertz CT molecular complexity index is 1130. The van der Waals surface area contributed by atoms with E-state index in [0.717, 1.165) is 23.0 Å². The molecule has 162 valence electrons. The summed E-state index contributed by atoms with van der Waals surface area (Å²) in [6.45, 7) is 1.43. The molecule has 0 radical (unpaired) electrons. The van der Waals surface area contributed by atoms with E-state index in [9.17, 15) is 28.1 Å². The summed E-state index contributed by atoms with van der Waals surface area (Å²) in [6.07, 6.45) is -4.53. The molecular weight excluding hydrogens is 421 g/mol. The largest absolute Gasteiger partial charge is 0.495 e. The van der Waals surface area contributed by atoms with Crippen molar-refractivity contribution in [3.63, 3.8) is 0 Å². The Morgan fingerprint density at radius 1 is 1.26 bits per heavy atom. The summed E-state index contributed by atoms with van der Waals surface area (Å²) < 4.78 is 43.8. The number of non-ortho nitro benzene ring substituents is 1. The second-order valence-corrected chi connectivity index (χ2v) is 6.32. The van der Waals surface area contributed by atoms with Crippen molar-refractivity contribution in [1.82, 2.24) is 20.2 Å². The predicted molar refractivity (Wildman–Crippen MR) is 101 cm³/mol. The first-order valence-electron chi connectivity index (χ1n) is 8.70. The molecule has 0 saturated carbocycles. The van der Waals surface area contributed by atoms with E-state index >= 15 is 0 Å². The number of carbonyl (C=O) groups excluding carboxylic acids is 1.